The maximum atomic E-state index is 5.43. The fraction of sp³-hybridized carbons (Fsp3) is 1.00. The maximum Gasteiger partial charge on any atom is 0.0701 e. The van der Waals surface area contributed by atoms with E-state index in [0.29, 0.717) is 106 Å². The monoisotopic (exact) mass is 440 g/mol. The molecule has 0 heterocycles. The summed E-state index contributed by atoms with van der Waals surface area (Å²) in [6, 6.07) is 0. The molecule has 0 aromatic carbocycles. The summed E-state index contributed by atoms with van der Waals surface area (Å²) in [7, 11) is 4.04. The van der Waals surface area contributed by atoms with Crippen molar-refractivity contribution in [3.63, 3.8) is 0 Å². The lowest BCUT2D eigenvalue weighted by molar-refractivity contribution is -0.0231. The highest BCUT2D eigenvalue weighted by atomic mass is 16.6. The topological polar surface area (TPSA) is 103 Å². The van der Waals surface area contributed by atoms with Gasteiger partial charge in [-0.25, -0.2) is 0 Å². The van der Waals surface area contributed by atoms with Crippen molar-refractivity contribution in [2.45, 2.75) is 0 Å². The van der Waals surface area contributed by atoms with Crippen molar-refractivity contribution in [3.05, 3.63) is 0 Å². The summed E-state index contributed by atoms with van der Waals surface area (Å²) < 4.78 is 43.1. The maximum absolute atomic E-state index is 5.43. The van der Waals surface area contributed by atoms with Gasteiger partial charge in [0.25, 0.3) is 0 Å². The number of hydrogen-bond donors (Lipinski definition) is 1. The predicted molar refractivity (Wildman–Crippen MR) is 114 cm³/mol. The Balaban J connectivity index is 2.99. The number of nitrogens with zero attached hydrogens (tertiary/aromatic N) is 1. The molecule has 10 nitrogen and oxygen atoms in total. The van der Waals surface area contributed by atoms with Gasteiger partial charge in [-0.1, -0.05) is 0 Å². The second-order valence-electron chi connectivity index (χ2n) is 6.49. The Kier molecular flexibility index (Phi) is 26.3. The van der Waals surface area contributed by atoms with Crippen molar-refractivity contribution in [1.82, 2.24) is 4.90 Å². The van der Waals surface area contributed by atoms with Crippen LogP contribution in [0, 0.1) is 0 Å². The summed E-state index contributed by atoms with van der Waals surface area (Å²) >= 11 is 0. The second-order valence-corrected chi connectivity index (χ2v) is 6.49. The van der Waals surface area contributed by atoms with Gasteiger partial charge in [-0.15, -0.1) is 0 Å². The molecule has 0 aliphatic carbocycles. The number of nitrogens with two attached hydrogens (primary N) is 1. The lowest BCUT2D eigenvalue weighted by atomic mass is 10.6. The number of hydrogen-bond acceptors (Lipinski definition) is 10. The molecular formula is C20H44N2O8. The lowest BCUT2D eigenvalue weighted by Crippen LogP contribution is -2.19. The van der Waals surface area contributed by atoms with E-state index in [1.165, 1.54) is 0 Å². The van der Waals surface area contributed by atoms with E-state index in [2.05, 4.69) is 4.90 Å². The predicted octanol–water partition coefficient (Wildman–Crippen LogP) is -0.360. The van der Waals surface area contributed by atoms with E-state index in [9.17, 15) is 0 Å². The van der Waals surface area contributed by atoms with E-state index < -0.39 is 0 Å². The molecule has 0 aromatic heterocycles. The first-order valence-corrected chi connectivity index (χ1v) is 10.7. The van der Waals surface area contributed by atoms with Crippen molar-refractivity contribution in [3.8, 4) is 0 Å². The molecule has 2 N–H and O–H groups in total. The van der Waals surface area contributed by atoms with Gasteiger partial charge in [0.15, 0.2) is 0 Å². The molecule has 0 amide bonds. The second kappa shape index (κ2) is 26.6. The third-order valence-corrected chi connectivity index (χ3v) is 3.55. The summed E-state index contributed by atoms with van der Waals surface area (Å²) in [6.07, 6.45) is 0. The fourth-order valence-electron chi connectivity index (χ4n) is 1.97. The Morgan fingerprint density at radius 3 is 0.867 bits per heavy atom. The van der Waals surface area contributed by atoms with Gasteiger partial charge in [0.05, 0.1) is 106 Å². The van der Waals surface area contributed by atoms with Crippen LogP contribution in [0.2, 0.25) is 0 Å². The minimum absolute atomic E-state index is 0.534. The summed E-state index contributed by atoms with van der Waals surface area (Å²) in [6.45, 7) is 10.5. The standard InChI is InChI=1S/C20H44N2O8/c1-22(2)4-6-24-8-10-26-12-14-28-16-18-30-20-19-29-17-15-27-13-11-25-9-7-23-5-3-21/h3-21H2,1-2H3. The first-order chi connectivity index (χ1) is 14.8. The number of ether oxygens (including phenoxy) is 8. The molecule has 0 aliphatic rings. The van der Waals surface area contributed by atoms with Crippen LogP contribution in [-0.2, 0) is 37.9 Å². The van der Waals surface area contributed by atoms with Gasteiger partial charge in [0, 0.05) is 13.1 Å². The molecule has 0 aliphatic heterocycles. The number of rotatable bonds is 26. The first-order valence-electron chi connectivity index (χ1n) is 10.7. The van der Waals surface area contributed by atoms with Crippen LogP contribution in [0.3, 0.4) is 0 Å². The van der Waals surface area contributed by atoms with E-state index in [1.807, 2.05) is 14.1 Å². The van der Waals surface area contributed by atoms with Crippen LogP contribution < -0.4 is 5.73 Å². The molecule has 0 aromatic rings. The fourth-order valence-corrected chi connectivity index (χ4v) is 1.97. The van der Waals surface area contributed by atoms with Crippen LogP contribution in [0.25, 0.3) is 0 Å². The molecule has 0 atom stereocenters. The van der Waals surface area contributed by atoms with E-state index >= 15 is 0 Å². The Bertz CT molecular complexity index is 315. The average molecular weight is 441 g/mol. The summed E-state index contributed by atoms with van der Waals surface area (Å²) in [5.41, 5.74) is 5.31. The molecule has 30 heavy (non-hydrogen) atoms. The van der Waals surface area contributed by atoms with E-state index in [-0.39, 0.29) is 0 Å². The molecular weight excluding hydrogens is 396 g/mol. The Labute approximate surface area is 182 Å². The zero-order valence-electron chi connectivity index (χ0n) is 19.0. The summed E-state index contributed by atoms with van der Waals surface area (Å²) in [5, 5.41) is 0. The highest BCUT2D eigenvalue weighted by Crippen LogP contribution is 1.86. The van der Waals surface area contributed by atoms with Gasteiger partial charge in [-0.3, -0.25) is 0 Å². The van der Waals surface area contributed by atoms with Crippen molar-refractivity contribution in [2.75, 3.05) is 133 Å². The van der Waals surface area contributed by atoms with Gasteiger partial charge in [-0.2, -0.15) is 0 Å². The highest BCUT2D eigenvalue weighted by Gasteiger charge is 1.95. The molecule has 0 rings (SSSR count). The minimum atomic E-state index is 0.534. The van der Waals surface area contributed by atoms with Gasteiger partial charge >= 0.3 is 0 Å². The van der Waals surface area contributed by atoms with Crippen LogP contribution in [0.5, 0.6) is 0 Å². The molecule has 0 saturated heterocycles. The van der Waals surface area contributed by atoms with Crippen LogP contribution in [-0.4, -0.2) is 138 Å². The Morgan fingerprint density at radius 1 is 0.400 bits per heavy atom. The lowest BCUT2D eigenvalue weighted by Gasteiger charge is -2.10. The van der Waals surface area contributed by atoms with Crippen molar-refractivity contribution in [2.24, 2.45) is 5.73 Å². The molecule has 0 fully saturated rings. The van der Waals surface area contributed by atoms with Gasteiger partial charge < -0.3 is 48.5 Å². The zero-order chi connectivity index (χ0) is 22.0. The van der Waals surface area contributed by atoms with E-state index in [0.717, 1.165) is 13.2 Å². The average Bonchev–Trinajstić information content (AvgIpc) is 2.73. The molecule has 0 saturated carbocycles. The quantitative estimate of drug-likeness (QED) is 0.179. The molecule has 0 bridgehead atoms. The van der Waals surface area contributed by atoms with E-state index in [4.69, 9.17) is 43.6 Å². The largest absolute Gasteiger partial charge is 0.378 e. The molecule has 182 valence electrons. The van der Waals surface area contributed by atoms with Crippen molar-refractivity contribution < 1.29 is 37.9 Å². The van der Waals surface area contributed by atoms with Crippen molar-refractivity contribution in [1.29, 1.82) is 0 Å². The Hall–Kier alpha value is -0.400. The third-order valence-electron chi connectivity index (χ3n) is 3.55. The third kappa shape index (κ3) is 27.6. The van der Waals surface area contributed by atoms with Gasteiger partial charge in [0.1, 0.15) is 0 Å². The molecule has 0 radical (unpaired) electrons. The van der Waals surface area contributed by atoms with Crippen LogP contribution in [0.4, 0.5) is 0 Å². The first kappa shape index (κ1) is 29.6. The SMILES string of the molecule is CN(C)CCOCCOCCOCCOCCOCCOCCOCCOCCN. The normalized spacial score (nSPS) is 11.6. The molecule has 10 heteroatoms. The Morgan fingerprint density at radius 2 is 0.633 bits per heavy atom. The summed E-state index contributed by atoms with van der Waals surface area (Å²) in [5.74, 6) is 0. The number of likely N-dealkylation sites (N-methyl/N-ethyl adjacent to an activating group) is 1. The highest BCUT2D eigenvalue weighted by molar-refractivity contribution is 4.40. The van der Waals surface area contributed by atoms with Crippen LogP contribution in [0.15, 0.2) is 0 Å². The molecule has 0 unspecified atom stereocenters. The molecule has 0 spiro atoms. The zero-order valence-corrected chi connectivity index (χ0v) is 19.0. The van der Waals surface area contributed by atoms with Crippen molar-refractivity contribution >= 4 is 0 Å². The smallest absolute Gasteiger partial charge is 0.0701 e. The van der Waals surface area contributed by atoms with Crippen LogP contribution >= 0.6 is 0 Å². The summed E-state index contributed by atoms with van der Waals surface area (Å²) in [4.78, 5) is 2.08. The van der Waals surface area contributed by atoms with E-state index in [1.54, 1.807) is 0 Å². The minimum Gasteiger partial charge on any atom is -0.378 e. The van der Waals surface area contributed by atoms with Gasteiger partial charge in [0.2, 0.25) is 0 Å². The van der Waals surface area contributed by atoms with Gasteiger partial charge in [-0.05, 0) is 14.1 Å². The van der Waals surface area contributed by atoms with Crippen LogP contribution in [0.1, 0.15) is 0 Å².